The third-order valence-electron chi connectivity index (χ3n) is 2.70. The number of hydrogen-bond donors (Lipinski definition) is 0. The molecule has 0 aliphatic carbocycles. The van der Waals surface area contributed by atoms with E-state index in [0.717, 1.165) is 21.8 Å². The van der Waals surface area contributed by atoms with Crippen LogP contribution in [0.4, 0.5) is 11.4 Å². The van der Waals surface area contributed by atoms with E-state index >= 15 is 0 Å². The predicted molar refractivity (Wildman–Crippen MR) is 74.4 cm³/mol. The molecule has 0 N–H and O–H groups in total. The van der Waals surface area contributed by atoms with Gasteiger partial charge in [0.15, 0.2) is 0 Å². The fourth-order valence-corrected chi connectivity index (χ4v) is 2.56. The highest BCUT2D eigenvalue weighted by molar-refractivity contribution is 6.41. The van der Waals surface area contributed by atoms with Crippen molar-refractivity contribution in [2.75, 3.05) is 8.84 Å². The van der Waals surface area contributed by atoms with Crippen molar-refractivity contribution in [3.63, 3.8) is 0 Å². The Morgan fingerprint density at radius 3 is 2.35 bits per heavy atom. The molecule has 3 rings (SSSR count). The summed E-state index contributed by atoms with van der Waals surface area (Å²) in [6.45, 7) is 0. The minimum Gasteiger partial charge on any atom is -0.258 e. The van der Waals surface area contributed by atoms with Crippen molar-refractivity contribution in [3.05, 3.63) is 46.1 Å². The minimum atomic E-state index is 0.451. The molecular weight excluding hydrogens is 279 g/mol. The molecule has 1 aromatic carbocycles. The van der Waals surface area contributed by atoms with Gasteiger partial charge in [0.2, 0.25) is 0 Å². The van der Waals surface area contributed by atoms with Crippen LogP contribution in [0.3, 0.4) is 0 Å². The number of hydrogen-bond acceptors (Lipinski definition) is 2. The predicted octanol–water partition coefficient (Wildman–Crippen LogP) is 2.79. The first-order chi connectivity index (χ1) is 8.18. The van der Waals surface area contributed by atoms with Crippen LogP contribution < -0.4 is 19.3 Å². The molecule has 0 aromatic heterocycles. The van der Waals surface area contributed by atoms with Gasteiger partial charge in [-0.3, -0.25) is 4.42 Å². The molecule has 0 amide bonds. The van der Waals surface area contributed by atoms with Gasteiger partial charge in [-0.05, 0) is 18.2 Å². The maximum absolute atomic E-state index is 6.19. The Labute approximate surface area is 114 Å². The zero-order chi connectivity index (χ0) is 12.0. The zero-order valence-corrected chi connectivity index (χ0v) is 10.8. The summed E-state index contributed by atoms with van der Waals surface area (Å²) in [5, 5.41) is 2.44. The lowest BCUT2D eigenvalue weighted by Gasteiger charge is -2.25. The summed E-state index contributed by atoms with van der Waals surface area (Å²) in [7, 11) is 0. The maximum Gasteiger partial charge on any atom is 0.124 e. The van der Waals surface area contributed by atoms with Crippen molar-refractivity contribution in [3.8, 4) is 0 Å². The average Bonchev–Trinajstić information content (AvgIpc) is 2.34. The molecule has 0 radical (unpaired) electrons. The first-order valence-corrected chi connectivity index (χ1v) is 6.04. The zero-order valence-electron chi connectivity index (χ0n) is 8.57. The summed E-state index contributed by atoms with van der Waals surface area (Å²) >= 11 is 18.4. The van der Waals surface area contributed by atoms with Crippen LogP contribution >= 0.6 is 35.2 Å². The molecule has 2 aliphatic rings. The standard InChI is InChI=1S/C12H7Cl3N2/c13-10-6-5-9-4-3-8-2-1-7-16(14)11(8)12(9)17(10)15/h1-7H. The molecule has 0 bridgehead atoms. The van der Waals surface area contributed by atoms with Crippen molar-refractivity contribution >= 4 is 58.7 Å². The van der Waals surface area contributed by atoms with E-state index < -0.39 is 0 Å². The molecule has 2 aliphatic heterocycles. The Kier molecular flexibility index (Phi) is 2.58. The second kappa shape index (κ2) is 3.98. The van der Waals surface area contributed by atoms with Gasteiger partial charge in [-0.25, -0.2) is 4.42 Å². The fourth-order valence-electron chi connectivity index (χ4n) is 1.94. The third-order valence-corrected chi connectivity index (χ3v) is 3.72. The maximum atomic E-state index is 6.19. The van der Waals surface area contributed by atoms with E-state index in [4.69, 9.17) is 35.2 Å². The highest BCUT2D eigenvalue weighted by atomic mass is 35.5. The Balaban J connectivity index is 2.39. The summed E-state index contributed by atoms with van der Waals surface area (Å²) < 4.78 is 2.94. The van der Waals surface area contributed by atoms with E-state index in [-0.39, 0.29) is 0 Å². The second-order valence-electron chi connectivity index (χ2n) is 3.70. The van der Waals surface area contributed by atoms with Gasteiger partial charge in [-0.2, -0.15) is 0 Å². The van der Waals surface area contributed by atoms with E-state index in [1.165, 1.54) is 8.84 Å². The number of allylic oxidation sites excluding steroid dienone is 2. The van der Waals surface area contributed by atoms with Crippen molar-refractivity contribution in [2.24, 2.45) is 0 Å². The first kappa shape index (κ1) is 11.0. The molecule has 2 nitrogen and oxygen atoms in total. The van der Waals surface area contributed by atoms with Crippen LogP contribution in [-0.4, -0.2) is 0 Å². The lowest BCUT2D eigenvalue weighted by Crippen LogP contribution is -2.28. The summed E-state index contributed by atoms with van der Waals surface area (Å²) in [6, 6.07) is 3.99. The van der Waals surface area contributed by atoms with E-state index in [2.05, 4.69) is 0 Å². The smallest absolute Gasteiger partial charge is 0.124 e. The van der Waals surface area contributed by atoms with Crippen molar-refractivity contribution < 1.29 is 0 Å². The molecule has 0 unspecified atom stereocenters. The summed E-state index contributed by atoms with van der Waals surface area (Å²) in [6.07, 6.45) is 9.29. The lowest BCUT2D eigenvalue weighted by atomic mass is 10.1. The fraction of sp³-hybridized carbons (Fsp3) is 0. The van der Waals surface area contributed by atoms with Gasteiger partial charge >= 0.3 is 0 Å². The van der Waals surface area contributed by atoms with Gasteiger partial charge in [0.25, 0.3) is 0 Å². The van der Waals surface area contributed by atoms with Crippen LogP contribution in [0.5, 0.6) is 0 Å². The average molecular weight is 286 g/mol. The molecule has 86 valence electrons. The molecule has 2 heterocycles. The summed E-state index contributed by atoms with van der Waals surface area (Å²) in [4.78, 5) is 0. The number of fused-ring (bicyclic) bond motifs is 3. The Morgan fingerprint density at radius 1 is 0.882 bits per heavy atom. The number of benzene rings is 1. The summed E-state index contributed by atoms with van der Waals surface area (Å²) in [5.41, 5.74) is 1.64. The van der Waals surface area contributed by atoms with Crippen LogP contribution in [0.1, 0.15) is 0 Å². The van der Waals surface area contributed by atoms with Gasteiger partial charge in [-0.1, -0.05) is 29.8 Å². The monoisotopic (exact) mass is 284 g/mol. The van der Waals surface area contributed by atoms with Crippen LogP contribution in [0.25, 0.3) is 12.2 Å². The SMILES string of the molecule is ClC1=CC=c2ccc3c(c2N1Cl)N(Cl)C=CC=3. The third kappa shape index (κ3) is 1.64. The first-order valence-electron chi connectivity index (χ1n) is 4.98. The summed E-state index contributed by atoms with van der Waals surface area (Å²) in [5.74, 6) is 0. The van der Waals surface area contributed by atoms with Gasteiger partial charge in [0, 0.05) is 40.2 Å². The number of halogens is 3. The lowest BCUT2D eigenvalue weighted by molar-refractivity contribution is 1.28. The normalized spacial score (nSPS) is 16.8. The topological polar surface area (TPSA) is 6.48 Å². The van der Waals surface area contributed by atoms with Gasteiger partial charge in [0.1, 0.15) is 5.16 Å². The van der Waals surface area contributed by atoms with E-state index in [1.807, 2.05) is 30.4 Å². The molecule has 1 aromatic rings. The van der Waals surface area contributed by atoms with Gasteiger partial charge in [-0.15, -0.1) is 0 Å². The van der Waals surface area contributed by atoms with Crippen molar-refractivity contribution in [1.29, 1.82) is 0 Å². The van der Waals surface area contributed by atoms with Crippen LogP contribution in [0.15, 0.2) is 35.6 Å². The highest BCUT2D eigenvalue weighted by Crippen LogP contribution is 2.32. The number of nitrogens with zero attached hydrogens (tertiary/aromatic N) is 2. The molecule has 0 spiro atoms. The molecule has 0 saturated heterocycles. The minimum absolute atomic E-state index is 0.451. The largest absolute Gasteiger partial charge is 0.258 e. The van der Waals surface area contributed by atoms with Crippen LogP contribution in [0.2, 0.25) is 0 Å². The number of anilines is 2. The molecule has 17 heavy (non-hydrogen) atoms. The molecule has 0 atom stereocenters. The van der Waals surface area contributed by atoms with Gasteiger partial charge in [0.05, 0.1) is 11.4 Å². The molecule has 0 fully saturated rings. The molecule has 5 heteroatoms. The second-order valence-corrected chi connectivity index (χ2v) is 4.79. The van der Waals surface area contributed by atoms with Crippen LogP contribution in [-0.2, 0) is 0 Å². The van der Waals surface area contributed by atoms with Gasteiger partial charge < -0.3 is 0 Å². The quantitative estimate of drug-likeness (QED) is 0.534. The van der Waals surface area contributed by atoms with Crippen molar-refractivity contribution in [2.45, 2.75) is 0 Å². The van der Waals surface area contributed by atoms with E-state index in [1.54, 1.807) is 12.3 Å². The van der Waals surface area contributed by atoms with E-state index in [9.17, 15) is 0 Å². The molecular formula is C12H7Cl3N2. The Hall–Kier alpha value is -1.09. The Bertz CT molecular complexity index is 661. The number of rotatable bonds is 0. The molecule has 0 saturated carbocycles. The van der Waals surface area contributed by atoms with E-state index in [0.29, 0.717) is 5.16 Å². The Morgan fingerprint density at radius 2 is 1.59 bits per heavy atom. The van der Waals surface area contributed by atoms with Crippen LogP contribution in [0, 0.1) is 0 Å². The van der Waals surface area contributed by atoms with Crippen molar-refractivity contribution in [1.82, 2.24) is 0 Å². The highest BCUT2D eigenvalue weighted by Gasteiger charge is 2.21.